The molecule has 1 amide bonds. The molecule has 0 aromatic rings. The molecule has 1 rings (SSSR count). The molecule has 0 atom stereocenters. The molecule has 0 aliphatic carbocycles. The molecule has 48 valence electrons. The van der Waals surface area contributed by atoms with E-state index in [0.29, 0.717) is 13.0 Å². The largest absolute Gasteiger partial charge is 0.501 e. The molecule has 3 heteroatoms. The van der Waals surface area contributed by atoms with Crippen molar-refractivity contribution in [1.82, 2.24) is 0 Å². The number of hydrogen-bond donors (Lipinski definition) is 0. The van der Waals surface area contributed by atoms with E-state index in [0.717, 1.165) is 0 Å². The number of rotatable bonds is 0. The number of carbonyl (C=O) groups is 1. The number of carbonyl (C=O) groups excluding carboxylic acids is 1. The summed E-state index contributed by atoms with van der Waals surface area (Å²) in [7, 11) is 0. The molecule has 0 aromatic carbocycles. The summed E-state index contributed by atoms with van der Waals surface area (Å²) < 4.78 is 4.85. The number of aliphatic imine (C=N–C) groups is 1. The molecule has 0 unspecified atom stereocenters. The van der Waals surface area contributed by atoms with Gasteiger partial charge in [0.25, 0.3) is 5.91 Å². The smallest absolute Gasteiger partial charge is 0.272 e. The second-order valence-corrected chi connectivity index (χ2v) is 1.61. The van der Waals surface area contributed by atoms with Crippen LogP contribution in [-0.2, 0) is 9.53 Å². The van der Waals surface area contributed by atoms with Crippen molar-refractivity contribution in [2.24, 2.45) is 4.99 Å². The molecular formula is C6H7NO2. The summed E-state index contributed by atoms with van der Waals surface area (Å²) in [6.07, 6.45) is 4.94. The van der Waals surface area contributed by atoms with Crippen molar-refractivity contribution >= 4 is 12.1 Å². The van der Waals surface area contributed by atoms with Gasteiger partial charge in [-0.2, -0.15) is 0 Å². The first kappa shape index (κ1) is 6.01. The predicted molar refractivity (Wildman–Crippen MR) is 33.2 cm³/mol. The Morgan fingerprint density at radius 1 is 1.67 bits per heavy atom. The Morgan fingerprint density at radius 2 is 2.56 bits per heavy atom. The predicted octanol–water partition coefficient (Wildman–Crippen LogP) is 0.518. The normalized spacial score (nSPS) is 22.0. The lowest BCUT2D eigenvalue weighted by Crippen LogP contribution is -1.96. The van der Waals surface area contributed by atoms with Crippen LogP contribution in [0.3, 0.4) is 0 Å². The van der Waals surface area contributed by atoms with Gasteiger partial charge in [-0.05, 0) is 0 Å². The van der Waals surface area contributed by atoms with E-state index < -0.39 is 0 Å². The second kappa shape index (κ2) is 3.02. The molecule has 3 nitrogen and oxygen atoms in total. The van der Waals surface area contributed by atoms with Crippen molar-refractivity contribution in [3.8, 4) is 0 Å². The maximum Gasteiger partial charge on any atom is 0.272 e. The van der Waals surface area contributed by atoms with Gasteiger partial charge in [0.15, 0.2) is 0 Å². The fourth-order valence-corrected chi connectivity index (χ4v) is 0.493. The fourth-order valence-electron chi connectivity index (χ4n) is 0.493. The minimum absolute atomic E-state index is 0.255. The monoisotopic (exact) mass is 125 g/mol. The molecule has 0 fully saturated rings. The number of amides is 1. The van der Waals surface area contributed by atoms with Crippen molar-refractivity contribution in [3.63, 3.8) is 0 Å². The van der Waals surface area contributed by atoms with Gasteiger partial charge >= 0.3 is 0 Å². The van der Waals surface area contributed by atoms with Gasteiger partial charge in [0, 0.05) is 18.7 Å². The molecule has 1 aliphatic heterocycles. The van der Waals surface area contributed by atoms with Crippen LogP contribution in [-0.4, -0.2) is 18.7 Å². The quantitative estimate of drug-likeness (QED) is 0.473. The van der Waals surface area contributed by atoms with E-state index in [1.54, 1.807) is 6.21 Å². The minimum atomic E-state index is -0.255. The molecule has 0 N–H and O–H groups in total. The Morgan fingerprint density at radius 3 is 3.44 bits per heavy atom. The second-order valence-electron chi connectivity index (χ2n) is 1.61. The van der Waals surface area contributed by atoms with E-state index >= 15 is 0 Å². The average Bonchev–Trinajstić information content (AvgIpc) is 1.79. The third kappa shape index (κ3) is 2.08. The van der Waals surface area contributed by atoms with E-state index in [2.05, 4.69) is 4.99 Å². The van der Waals surface area contributed by atoms with Crippen LogP contribution in [0.1, 0.15) is 6.42 Å². The topological polar surface area (TPSA) is 38.7 Å². The zero-order chi connectivity index (χ0) is 6.53. The maximum atomic E-state index is 10.5. The Hall–Kier alpha value is -1.12. The first-order valence-corrected chi connectivity index (χ1v) is 2.74. The van der Waals surface area contributed by atoms with Crippen LogP contribution in [0.2, 0.25) is 0 Å². The van der Waals surface area contributed by atoms with Crippen LogP contribution in [0.4, 0.5) is 0 Å². The average molecular weight is 125 g/mol. The molecule has 1 heterocycles. The molecule has 0 spiro atoms. The van der Waals surface area contributed by atoms with Crippen molar-refractivity contribution in [1.29, 1.82) is 0 Å². The fraction of sp³-hybridized carbons (Fsp3) is 0.333. The highest BCUT2D eigenvalue weighted by molar-refractivity contribution is 5.93. The zero-order valence-electron chi connectivity index (χ0n) is 4.91. The van der Waals surface area contributed by atoms with Crippen LogP contribution < -0.4 is 0 Å². The number of nitrogens with zero attached hydrogens (tertiary/aromatic N) is 1. The van der Waals surface area contributed by atoms with E-state index in [1.165, 1.54) is 12.3 Å². The lowest BCUT2D eigenvalue weighted by Gasteiger charge is -1.96. The minimum Gasteiger partial charge on any atom is -0.501 e. The van der Waals surface area contributed by atoms with Crippen molar-refractivity contribution in [2.75, 3.05) is 6.61 Å². The lowest BCUT2D eigenvalue weighted by molar-refractivity contribution is -0.113. The summed E-state index contributed by atoms with van der Waals surface area (Å²) in [5.74, 6) is -0.255. The Balaban J connectivity index is 2.55. The number of hydrogen-bond acceptors (Lipinski definition) is 2. The first-order chi connectivity index (χ1) is 4.39. The molecule has 1 aliphatic rings. The van der Waals surface area contributed by atoms with Crippen molar-refractivity contribution in [2.45, 2.75) is 6.42 Å². The van der Waals surface area contributed by atoms with Crippen molar-refractivity contribution in [3.05, 3.63) is 12.3 Å². The number of ether oxygens (including phenoxy) is 1. The molecule has 0 bridgehead atoms. The zero-order valence-corrected chi connectivity index (χ0v) is 4.91. The summed E-state index contributed by atoms with van der Waals surface area (Å²) in [6.45, 7) is 0.604. The van der Waals surface area contributed by atoms with E-state index in [9.17, 15) is 4.79 Å². The van der Waals surface area contributed by atoms with Crippen LogP contribution in [0.25, 0.3) is 0 Å². The van der Waals surface area contributed by atoms with Gasteiger partial charge < -0.3 is 4.74 Å². The van der Waals surface area contributed by atoms with Crippen LogP contribution >= 0.6 is 0 Å². The Bertz CT molecular complexity index is 144. The van der Waals surface area contributed by atoms with Crippen LogP contribution in [0.5, 0.6) is 0 Å². The highest BCUT2D eigenvalue weighted by Gasteiger charge is 1.91. The van der Waals surface area contributed by atoms with Crippen LogP contribution in [0.15, 0.2) is 17.3 Å². The molecule has 0 saturated carbocycles. The van der Waals surface area contributed by atoms with Gasteiger partial charge in [0.05, 0.1) is 12.9 Å². The third-order valence-corrected chi connectivity index (χ3v) is 0.890. The van der Waals surface area contributed by atoms with Gasteiger partial charge in [-0.25, -0.2) is 4.99 Å². The lowest BCUT2D eigenvalue weighted by atomic mass is 10.4. The first-order valence-electron chi connectivity index (χ1n) is 2.74. The van der Waals surface area contributed by atoms with Gasteiger partial charge in [0.1, 0.15) is 0 Å². The van der Waals surface area contributed by atoms with Gasteiger partial charge in [-0.3, -0.25) is 4.79 Å². The molecule has 9 heavy (non-hydrogen) atoms. The van der Waals surface area contributed by atoms with Crippen molar-refractivity contribution < 1.29 is 9.53 Å². The SMILES string of the molecule is O=C1/C=C\OCCC=N1. The Labute approximate surface area is 53.0 Å². The van der Waals surface area contributed by atoms with Crippen LogP contribution in [0, 0.1) is 0 Å². The highest BCUT2D eigenvalue weighted by Crippen LogP contribution is 1.88. The van der Waals surface area contributed by atoms with E-state index in [4.69, 9.17) is 4.74 Å². The molecule has 0 radical (unpaired) electrons. The maximum absolute atomic E-state index is 10.5. The molecule has 0 aromatic heterocycles. The van der Waals surface area contributed by atoms with Gasteiger partial charge in [-0.15, -0.1) is 0 Å². The highest BCUT2D eigenvalue weighted by atomic mass is 16.5. The summed E-state index contributed by atoms with van der Waals surface area (Å²) in [6, 6.07) is 0. The summed E-state index contributed by atoms with van der Waals surface area (Å²) in [5.41, 5.74) is 0. The van der Waals surface area contributed by atoms with E-state index in [1.807, 2.05) is 0 Å². The third-order valence-electron chi connectivity index (χ3n) is 0.890. The summed E-state index contributed by atoms with van der Waals surface area (Å²) in [5, 5.41) is 0. The molecule has 0 saturated heterocycles. The summed E-state index contributed by atoms with van der Waals surface area (Å²) >= 11 is 0. The van der Waals surface area contributed by atoms with Gasteiger partial charge in [0.2, 0.25) is 0 Å². The van der Waals surface area contributed by atoms with E-state index in [-0.39, 0.29) is 5.91 Å². The summed E-state index contributed by atoms with van der Waals surface area (Å²) in [4.78, 5) is 14.0. The molecular weight excluding hydrogens is 118 g/mol. The standard InChI is InChI=1S/C6H7NO2/c8-6-2-5-9-4-1-3-7-6/h2-3,5H,1,4H2/b5-2-,7-3?. The van der Waals surface area contributed by atoms with Gasteiger partial charge in [-0.1, -0.05) is 0 Å². The Kier molecular flexibility index (Phi) is 2.01.